The summed E-state index contributed by atoms with van der Waals surface area (Å²) in [6.45, 7) is 1.97. The van der Waals surface area contributed by atoms with Crippen LogP contribution in [0.2, 0.25) is 0 Å². The highest BCUT2D eigenvalue weighted by atomic mass is 32.2. The molecule has 7 heteroatoms. The van der Waals surface area contributed by atoms with Crippen LogP contribution in [0.4, 0.5) is 0 Å². The lowest BCUT2D eigenvalue weighted by Gasteiger charge is -2.16. The molecule has 1 aliphatic rings. The van der Waals surface area contributed by atoms with E-state index in [1.54, 1.807) is 0 Å². The van der Waals surface area contributed by atoms with Crippen molar-refractivity contribution in [1.29, 1.82) is 0 Å². The highest BCUT2D eigenvalue weighted by Crippen LogP contribution is 2.15. The van der Waals surface area contributed by atoms with E-state index in [9.17, 15) is 18.0 Å². The first-order chi connectivity index (χ1) is 13.2. The Bertz CT molecular complexity index is 705. The minimum Gasteiger partial charge on any atom is -0.467 e. The zero-order chi connectivity index (χ0) is 21.0. The number of ether oxygens (including phenoxy) is 1. The zero-order valence-electron chi connectivity index (χ0n) is 17.2. The van der Waals surface area contributed by atoms with Gasteiger partial charge in [-0.1, -0.05) is 55.5 Å². The van der Waals surface area contributed by atoms with Crippen molar-refractivity contribution in [2.75, 3.05) is 19.1 Å². The number of aryl methyl sites for hydroxylation is 1. The third-order valence-electron chi connectivity index (χ3n) is 4.55. The van der Waals surface area contributed by atoms with Crippen LogP contribution < -0.4 is 5.32 Å². The van der Waals surface area contributed by atoms with Crippen molar-refractivity contribution in [3.63, 3.8) is 0 Å². The third kappa shape index (κ3) is 11.1. The van der Waals surface area contributed by atoms with E-state index in [2.05, 4.69) is 5.32 Å². The maximum atomic E-state index is 12.0. The molecule has 158 valence electrons. The average Bonchev–Trinajstić information content (AvgIpc) is 2.57. The summed E-state index contributed by atoms with van der Waals surface area (Å²) in [6, 6.07) is 6.94. The Labute approximate surface area is 169 Å². The van der Waals surface area contributed by atoms with Gasteiger partial charge in [0.05, 0.1) is 7.11 Å². The Hall–Kier alpha value is -1.89. The number of nitrogens with one attached hydrogen (secondary N) is 1. The normalized spacial score (nSPS) is 14.1. The van der Waals surface area contributed by atoms with Crippen molar-refractivity contribution in [1.82, 2.24) is 5.32 Å². The van der Waals surface area contributed by atoms with Gasteiger partial charge in [-0.05, 0) is 25.3 Å². The molecule has 1 saturated carbocycles. The standard InChI is InChI=1S/C17H25NO5S.C4H8/c1-13-7-9-14(10-8-13)12-15(17(20)23-2)18-16(19)6-4-5-11-24(3,21)22;1-2-4-3-1/h7-10,15H,4-6,11-12H2,1-3H3,(H,18,19);1-4H2. The summed E-state index contributed by atoms with van der Waals surface area (Å²) in [5, 5.41) is 2.67. The van der Waals surface area contributed by atoms with Crippen LogP contribution in [0.25, 0.3) is 0 Å². The molecule has 0 heterocycles. The van der Waals surface area contributed by atoms with Gasteiger partial charge in [-0.25, -0.2) is 13.2 Å². The Balaban J connectivity index is 0.000000863. The molecule has 0 saturated heterocycles. The van der Waals surface area contributed by atoms with E-state index < -0.39 is 21.8 Å². The number of amides is 1. The van der Waals surface area contributed by atoms with Gasteiger partial charge in [0.1, 0.15) is 15.9 Å². The monoisotopic (exact) mass is 411 g/mol. The van der Waals surface area contributed by atoms with Crippen LogP contribution in [-0.4, -0.2) is 45.5 Å². The van der Waals surface area contributed by atoms with Crippen molar-refractivity contribution in [2.24, 2.45) is 0 Å². The summed E-state index contributed by atoms with van der Waals surface area (Å²) in [6.07, 6.45) is 8.57. The summed E-state index contributed by atoms with van der Waals surface area (Å²) in [5.41, 5.74) is 2.04. The van der Waals surface area contributed by atoms with E-state index in [4.69, 9.17) is 4.74 Å². The van der Waals surface area contributed by atoms with E-state index in [0.29, 0.717) is 19.3 Å². The number of carbonyl (C=O) groups excluding carboxylic acids is 2. The van der Waals surface area contributed by atoms with Gasteiger partial charge in [0.25, 0.3) is 0 Å². The number of benzene rings is 1. The number of hydrogen-bond acceptors (Lipinski definition) is 5. The molecule has 1 N–H and O–H groups in total. The molecule has 1 aromatic rings. The first kappa shape index (κ1) is 24.1. The predicted molar refractivity (Wildman–Crippen MR) is 111 cm³/mol. The second-order valence-electron chi connectivity index (χ2n) is 7.33. The van der Waals surface area contributed by atoms with Crippen molar-refractivity contribution in [2.45, 2.75) is 64.3 Å². The largest absolute Gasteiger partial charge is 0.467 e. The van der Waals surface area contributed by atoms with Crippen molar-refractivity contribution in [3.8, 4) is 0 Å². The van der Waals surface area contributed by atoms with Gasteiger partial charge in [-0.15, -0.1) is 0 Å². The van der Waals surface area contributed by atoms with Gasteiger partial charge in [0.2, 0.25) is 5.91 Å². The van der Waals surface area contributed by atoms with Crippen molar-refractivity contribution in [3.05, 3.63) is 35.4 Å². The van der Waals surface area contributed by atoms with Gasteiger partial charge in [-0.3, -0.25) is 4.79 Å². The molecule has 2 rings (SSSR count). The SMILES string of the molecule is C1CCC1.COC(=O)C(Cc1ccc(C)cc1)NC(=O)CCCCS(C)(=O)=O. The minimum absolute atomic E-state index is 0.0596. The topological polar surface area (TPSA) is 89.5 Å². The van der Waals surface area contributed by atoms with E-state index >= 15 is 0 Å². The molecule has 0 radical (unpaired) electrons. The fraction of sp³-hybridized carbons (Fsp3) is 0.619. The Morgan fingerprint density at radius 3 is 2.11 bits per heavy atom. The van der Waals surface area contributed by atoms with Gasteiger partial charge < -0.3 is 10.1 Å². The van der Waals surface area contributed by atoms with E-state index in [-0.39, 0.29) is 18.1 Å². The molecule has 1 aromatic carbocycles. The lowest BCUT2D eigenvalue weighted by molar-refractivity contribution is -0.145. The number of unbranched alkanes of at least 4 members (excludes halogenated alkanes) is 1. The van der Waals surface area contributed by atoms with Crippen LogP contribution in [0.3, 0.4) is 0 Å². The highest BCUT2D eigenvalue weighted by Gasteiger charge is 2.21. The average molecular weight is 412 g/mol. The molecule has 1 fully saturated rings. The predicted octanol–water partition coefficient (Wildman–Crippen LogP) is 2.97. The van der Waals surface area contributed by atoms with Crippen LogP contribution >= 0.6 is 0 Å². The highest BCUT2D eigenvalue weighted by molar-refractivity contribution is 7.90. The summed E-state index contributed by atoms with van der Waals surface area (Å²) in [7, 11) is -1.73. The van der Waals surface area contributed by atoms with Gasteiger partial charge in [-0.2, -0.15) is 0 Å². The number of esters is 1. The van der Waals surface area contributed by atoms with Crippen molar-refractivity contribution < 1.29 is 22.7 Å². The molecule has 28 heavy (non-hydrogen) atoms. The molecular formula is C21H33NO5S. The fourth-order valence-electron chi connectivity index (χ4n) is 2.46. The minimum atomic E-state index is -3.01. The maximum absolute atomic E-state index is 12.0. The number of methoxy groups -OCH3 is 1. The molecule has 1 amide bonds. The fourth-order valence-corrected chi connectivity index (χ4v) is 3.19. The number of carbonyl (C=O) groups is 2. The van der Waals surface area contributed by atoms with E-state index in [1.807, 2.05) is 31.2 Å². The van der Waals surface area contributed by atoms with Gasteiger partial charge in [0, 0.05) is 24.9 Å². The third-order valence-corrected chi connectivity index (χ3v) is 5.58. The lowest BCUT2D eigenvalue weighted by atomic mass is 10.0. The van der Waals surface area contributed by atoms with E-state index in [1.165, 1.54) is 39.0 Å². The van der Waals surface area contributed by atoms with Crippen LogP contribution in [0.1, 0.15) is 56.1 Å². The molecule has 0 aromatic heterocycles. The van der Waals surface area contributed by atoms with Gasteiger partial charge in [0.15, 0.2) is 0 Å². The molecule has 0 spiro atoms. The molecule has 0 aliphatic heterocycles. The first-order valence-electron chi connectivity index (χ1n) is 9.81. The van der Waals surface area contributed by atoms with Gasteiger partial charge >= 0.3 is 5.97 Å². The van der Waals surface area contributed by atoms with Crippen molar-refractivity contribution >= 4 is 21.7 Å². The second kappa shape index (κ2) is 12.5. The molecule has 0 bridgehead atoms. The van der Waals surface area contributed by atoms with Crippen LogP contribution in [0.15, 0.2) is 24.3 Å². The Kier molecular flexibility index (Phi) is 10.8. The smallest absolute Gasteiger partial charge is 0.328 e. The zero-order valence-corrected chi connectivity index (χ0v) is 18.0. The van der Waals surface area contributed by atoms with Crippen LogP contribution in [-0.2, 0) is 30.6 Å². The molecular weight excluding hydrogens is 378 g/mol. The number of hydrogen-bond donors (Lipinski definition) is 1. The quantitative estimate of drug-likeness (QED) is 0.498. The summed E-state index contributed by atoms with van der Waals surface area (Å²) in [5.74, 6) is -0.726. The lowest BCUT2D eigenvalue weighted by Crippen LogP contribution is -2.43. The Morgan fingerprint density at radius 2 is 1.64 bits per heavy atom. The summed E-state index contributed by atoms with van der Waals surface area (Å²) < 4.78 is 26.8. The molecule has 1 atom stereocenters. The second-order valence-corrected chi connectivity index (χ2v) is 9.59. The number of rotatable bonds is 9. The molecule has 1 aliphatic carbocycles. The molecule has 1 unspecified atom stereocenters. The molecule has 6 nitrogen and oxygen atoms in total. The van der Waals surface area contributed by atoms with E-state index in [0.717, 1.165) is 11.1 Å². The maximum Gasteiger partial charge on any atom is 0.328 e. The van der Waals surface area contributed by atoms with Crippen LogP contribution in [0.5, 0.6) is 0 Å². The summed E-state index contributed by atoms with van der Waals surface area (Å²) >= 11 is 0. The Morgan fingerprint density at radius 1 is 1.07 bits per heavy atom. The summed E-state index contributed by atoms with van der Waals surface area (Å²) in [4.78, 5) is 23.8. The number of sulfone groups is 1. The first-order valence-corrected chi connectivity index (χ1v) is 11.9. The van der Waals surface area contributed by atoms with Crippen LogP contribution in [0, 0.1) is 6.92 Å².